The maximum atomic E-state index is 11.9. The number of hydrogen-bond donors (Lipinski definition) is 0. The minimum Gasteiger partial charge on any atom is -0.472 e. The molecule has 104 valence electrons. The summed E-state index contributed by atoms with van der Waals surface area (Å²) in [4.78, 5) is 18.0. The second-order valence-electron chi connectivity index (χ2n) is 5.28. The summed E-state index contributed by atoms with van der Waals surface area (Å²) in [7, 11) is 0. The summed E-state index contributed by atoms with van der Waals surface area (Å²) in [5.74, 6) is 1.25. The van der Waals surface area contributed by atoms with Crippen molar-refractivity contribution >= 4 is 21.8 Å². The molecular weight excluding hydrogens is 308 g/mol. The Bertz CT molecular complexity index is 434. The van der Waals surface area contributed by atoms with Gasteiger partial charge in [0.25, 0.3) is 0 Å². The monoisotopic (exact) mass is 326 g/mol. The lowest BCUT2D eigenvalue weighted by molar-refractivity contribution is -0.131. The quantitative estimate of drug-likeness (QED) is 0.854. The number of ether oxygens (including phenoxy) is 1. The molecule has 1 fully saturated rings. The van der Waals surface area contributed by atoms with Crippen LogP contribution in [0.15, 0.2) is 22.8 Å². The van der Waals surface area contributed by atoms with E-state index in [0.717, 1.165) is 17.4 Å². The first-order valence-corrected chi connectivity index (χ1v) is 7.40. The molecule has 2 heterocycles. The Labute approximate surface area is 122 Å². The molecular formula is C14H19BrN2O2. The van der Waals surface area contributed by atoms with Gasteiger partial charge in [0, 0.05) is 36.1 Å². The summed E-state index contributed by atoms with van der Waals surface area (Å²) in [6.45, 7) is 5.58. The number of likely N-dealkylation sites (tertiary alicyclic amines) is 1. The zero-order valence-corrected chi connectivity index (χ0v) is 12.9. The first kappa shape index (κ1) is 14.3. The van der Waals surface area contributed by atoms with Gasteiger partial charge in [0.05, 0.1) is 6.54 Å². The minimum atomic E-state index is 0.0600. The summed E-state index contributed by atoms with van der Waals surface area (Å²) in [6.07, 6.45) is 3.27. The lowest BCUT2D eigenvalue weighted by Crippen LogP contribution is -2.31. The summed E-state index contributed by atoms with van der Waals surface area (Å²) in [5, 5.41) is 0. The highest BCUT2D eigenvalue weighted by Gasteiger charge is 2.27. The first-order chi connectivity index (χ1) is 9.04. The smallest absolute Gasteiger partial charge is 0.222 e. The van der Waals surface area contributed by atoms with Crippen LogP contribution < -0.4 is 4.74 Å². The van der Waals surface area contributed by atoms with E-state index in [1.165, 1.54) is 0 Å². The minimum absolute atomic E-state index is 0.0600. The zero-order valence-electron chi connectivity index (χ0n) is 11.3. The molecule has 1 unspecified atom stereocenters. The molecule has 5 heteroatoms. The molecule has 0 spiro atoms. The van der Waals surface area contributed by atoms with Gasteiger partial charge < -0.3 is 9.64 Å². The van der Waals surface area contributed by atoms with Crippen LogP contribution in [0.5, 0.6) is 5.88 Å². The van der Waals surface area contributed by atoms with Crippen molar-refractivity contribution in [3.05, 3.63) is 22.8 Å². The molecule has 1 atom stereocenters. The van der Waals surface area contributed by atoms with E-state index in [1.54, 1.807) is 6.20 Å². The van der Waals surface area contributed by atoms with Crippen molar-refractivity contribution in [3.63, 3.8) is 0 Å². The highest BCUT2D eigenvalue weighted by atomic mass is 79.9. The maximum Gasteiger partial charge on any atom is 0.222 e. The Balaban J connectivity index is 1.85. The second kappa shape index (κ2) is 6.37. The lowest BCUT2D eigenvalue weighted by atomic mass is 10.1. The fraction of sp³-hybridized carbons (Fsp3) is 0.571. The molecule has 0 bridgehead atoms. The van der Waals surface area contributed by atoms with Gasteiger partial charge in [-0.3, -0.25) is 4.79 Å². The van der Waals surface area contributed by atoms with E-state index in [-0.39, 0.29) is 12.0 Å². The molecule has 4 nitrogen and oxygen atoms in total. The van der Waals surface area contributed by atoms with Crippen molar-refractivity contribution < 1.29 is 9.53 Å². The number of carbonyl (C=O) groups is 1. The number of pyridine rings is 1. The topological polar surface area (TPSA) is 42.4 Å². The molecule has 1 aromatic rings. The van der Waals surface area contributed by atoms with Crippen molar-refractivity contribution in [2.75, 3.05) is 13.1 Å². The normalized spacial score (nSPS) is 18.9. The Hall–Kier alpha value is -1.10. The van der Waals surface area contributed by atoms with Gasteiger partial charge in [0.1, 0.15) is 6.10 Å². The molecule has 0 saturated carbocycles. The van der Waals surface area contributed by atoms with Gasteiger partial charge in [0.15, 0.2) is 0 Å². The summed E-state index contributed by atoms with van der Waals surface area (Å²) in [5.41, 5.74) is 0. The predicted octanol–water partition coefficient (Wildman–Crippen LogP) is 2.87. The highest BCUT2D eigenvalue weighted by Crippen LogP contribution is 2.19. The fourth-order valence-electron chi connectivity index (χ4n) is 2.13. The number of aromatic nitrogens is 1. The Kier molecular flexibility index (Phi) is 4.80. The van der Waals surface area contributed by atoms with E-state index in [2.05, 4.69) is 34.8 Å². The average Bonchev–Trinajstić information content (AvgIpc) is 2.80. The number of hydrogen-bond acceptors (Lipinski definition) is 3. The Morgan fingerprint density at radius 2 is 2.37 bits per heavy atom. The number of rotatable bonds is 4. The number of amides is 1. The van der Waals surface area contributed by atoms with Crippen LogP contribution in [0.25, 0.3) is 0 Å². The van der Waals surface area contributed by atoms with Crippen molar-refractivity contribution in [3.8, 4) is 5.88 Å². The largest absolute Gasteiger partial charge is 0.472 e. The van der Waals surface area contributed by atoms with Gasteiger partial charge >= 0.3 is 0 Å². The van der Waals surface area contributed by atoms with Crippen LogP contribution in [0.1, 0.15) is 26.7 Å². The maximum absolute atomic E-state index is 11.9. The third-order valence-electron chi connectivity index (χ3n) is 3.07. The summed E-state index contributed by atoms with van der Waals surface area (Å²) >= 11 is 3.34. The van der Waals surface area contributed by atoms with Crippen LogP contribution in [0, 0.1) is 5.92 Å². The van der Waals surface area contributed by atoms with Crippen molar-refractivity contribution in [2.24, 2.45) is 5.92 Å². The van der Waals surface area contributed by atoms with Crippen molar-refractivity contribution in [1.82, 2.24) is 9.88 Å². The van der Waals surface area contributed by atoms with Crippen molar-refractivity contribution in [1.29, 1.82) is 0 Å². The van der Waals surface area contributed by atoms with Crippen LogP contribution in [0.2, 0.25) is 0 Å². The van der Waals surface area contributed by atoms with E-state index in [9.17, 15) is 4.79 Å². The molecule has 1 aliphatic rings. The highest BCUT2D eigenvalue weighted by molar-refractivity contribution is 9.10. The van der Waals surface area contributed by atoms with Gasteiger partial charge in [0.2, 0.25) is 11.8 Å². The van der Waals surface area contributed by atoms with Crippen LogP contribution in [0.3, 0.4) is 0 Å². The number of nitrogens with zero attached hydrogens (tertiary/aromatic N) is 2. The molecule has 19 heavy (non-hydrogen) atoms. The molecule has 0 N–H and O–H groups in total. The lowest BCUT2D eigenvalue weighted by Gasteiger charge is -2.18. The molecule has 1 aliphatic heterocycles. The standard InChI is InChI=1S/C14H19BrN2O2/c1-10(2)7-14(18)17-6-5-12(9-17)19-13-4-3-11(15)8-16-13/h3-4,8,10,12H,5-7,9H2,1-2H3. The summed E-state index contributed by atoms with van der Waals surface area (Å²) < 4.78 is 6.72. The van der Waals surface area contributed by atoms with E-state index < -0.39 is 0 Å². The van der Waals surface area contributed by atoms with Gasteiger partial charge in [-0.05, 0) is 27.9 Å². The SMILES string of the molecule is CC(C)CC(=O)N1CCC(Oc2ccc(Br)cn2)C1. The number of carbonyl (C=O) groups excluding carboxylic acids is 1. The fourth-order valence-corrected chi connectivity index (χ4v) is 2.37. The van der Waals surface area contributed by atoms with Crippen molar-refractivity contribution in [2.45, 2.75) is 32.8 Å². The molecule has 0 aliphatic carbocycles. The van der Waals surface area contributed by atoms with Gasteiger partial charge in [-0.15, -0.1) is 0 Å². The van der Waals surface area contributed by atoms with Gasteiger partial charge in [-0.2, -0.15) is 0 Å². The molecule has 1 saturated heterocycles. The predicted molar refractivity (Wildman–Crippen MR) is 77.0 cm³/mol. The third kappa shape index (κ3) is 4.20. The van der Waals surface area contributed by atoms with Crippen LogP contribution in [0.4, 0.5) is 0 Å². The molecule has 1 aromatic heterocycles. The molecule has 1 amide bonds. The Morgan fingerprint density at radius 1 is 1.58 bits per heavy atom. The third-order valence-corrected chi connectivity index (χ3v) is 3.54. The van der Waals surface area contributed by atoms with E-state index in [0.29, 0.717) is 24.8 Å². The number of halogens is 1. The first-order valence-electron chi connectivity index (χ1n) is 6.60. The van der Waals surface area contributed by atoms with Crippen LogP contribution in [-0.2, 0) is 4.79 Å². The Morgan fingerprint density at radius 3 is 3.00 bits per heavy atom. The van der Waals surface area contributed by atoms with Crippen LogP contribution >= 0.6 is 15.9 Å². The summed E-state index contributed by atoms with van der Waals surface area (Å²) in [6, 6.07) is 3.74. The average molecular weight is 327 g/mol. The van der Waals surface area contributed by atoms with Crippen LogP contribution in [-0.4, -0.2) is 35.0 Å². The van der Waals surface area contributed by atoms with Gasteiger partial charge in [-0.25, -0.2) is 4.98 Å². The van der Waals surface area contributed by atoms with Gasteiger partial charge in [-0.1, -0.05) is 13.8 Å². The zero-order chi connectivity index (χ0) is 13.8. The second-order valence-corrected chi connectivity index (χ2v) is 6.20. The molecule has 0 aromatic carbocycles. The molecule has 0 radical (unpaired) electrons. The molecule has 2 rings (SSSR count). The van der Waals surface area contributed by atoms with E-state index in [1.807, 2.05) is 17.0 Å². The van der Waals surface area contributed by atoms with E-state index >= 15 is 0 Å². The van der Waals surface area contributed by atoms with E-state index in [4.69, 9.17) is 4.74 Å².